The van der Waals surface area contributed by atoms with Crippen LogP contribution in [0.1, 0.15) is 5.56 Å². The fourth-order valence-corrected chi connectivity index (χ4v) is 0.887. The molecule has 0 fully saturated rings. The van der Waals surface area contributed by atoms with E-state index in [1.165, 1.54) is 7.11 Å². The van der Waals surface area contributed by atoms with Gasteiger partial charge in [0, 0.05) is 10.0 Å². The lowest BCUT2D eigenvalue weighted by Crippen LogP contribution is -1.79. The van der Waals surface area contributed by atoms with Crippen LogP contribution in [0.15, 0.2) is 33.9 Å². The predicted octanol–water partition coefficient (Wildman–Crippen LogP) is 2.31. The summed E-state index contributed by atoms with van der Waals surface area (Å²) in [4.78, 5) is 4.48. The summed E-state index contributed by atoms with van der Waals surface area (Å²) in [5.74, 6) is 0. The molecule has 0 bridgehead atoms. The highest BCUT2D eigenvalue weighted by molar-refractivity contribution is 9.10. The number of hydrogen-bond donors (Lipinski definition) is 0. The molecule has 0 saturated carbocycles. The van der Waals surface area contributed by atoms with E-state index < -0.39 is 0 Å². The lowest BCUT2D eigenvalue weighted by molar-refractivity contribution is 0.215. The van der Waals surface area contributed by atoms with Gasteiger partial charge in [-0.15, -0.1) is 0 Å². The summed E-state index contributed by atoms with van der Waals surface area (Å²) in [7, 11) is 1.49. The smallest absolute Gasteiger partial charge is 0.139 e. The van der Waals surface area contributed by atoms with Crippen molar-refractivity contribution in [2.75, 3.05) is 7.11 Å². The maximum atomic E-state index is 4.48. The van der Waals surface area contributed by atoms with Gasteiger partial charge in [-0.3, -0.25) is 0 Å². The Labute approximate surface area is 74.0 Å². The van der Waals surface area contributed by atoms with Crippen molar-refractivity contribution in [2.24, 2.45) is 5.16 Å². The number of halogens is 1. The van der Waals surface area contributed by atoms with Crippen molar-refractivity contribution in [3.05, 3.63) is 34.3 Å². The number of hydrogen-bond acceptors (Lipinski definition) is 2. The standard InChI is InChI=1S/C8H7BrNO/c1-11-10-6-7-2-4-8(9)5-3-7/h2-5H,1H3. The first-order valence-electron chi connectivity index (χ1n) is 3.07. The van der Waals surface area contributed by atoms with Crippen LogP contribution < -0.4 is 0 Å². The van der Waals surface area contributed by atoms with Gasteiger partial charge >= 0.3 is 0 Å². The molecular weight excluding hydrogens is 206 g/mol. The highest BCUT2D eigenvalue weighted by atomic mass is 79.9. The van der Waals surface area contributed by atoms with E-state index in [0.717, 1.165) is 10.0 Å². The molecule has 0 heterocycles. The maximum Gasteiger partial charge on any atom is 0.139 e. The molecule has 1 aromatic rings. The van der Waals surface area contributed by atoms with Crippen molar-refractivity contribution in [2.45, 2.75) is 0 Å². The fourth-order valence-electron chi connectivity index (χ4n) is 0.623. The van der Waals surface area contributed by atoms with Crippen LogP contribution in [-0.4, -0.2) is 13.3 Å². The first-order valence-corrected chi connectivity index (χ1v) is 3.87. The van der Waals surface area contributed by atoms with Gasteiger partial charge < -0.3 is 4.84 Å². The molecule has 0 N–H and O–H groups in total. The molecule has 3 heteroatoms. The third-order valence-electron chi connectivity index (χ3n) is 1.11. The fraction of sp³-hybridized carbons (Fsp3) is 0.125. The second-order valence-electron chi connectivity index (χ2n) is 1.89. The van der Waals surface area contributed by atoms with Crippen molar-refractivity contribution in [3.63, 3.8) is 0 Å². The molecule has 1 aromatic carbocycles. The molecule has 0 aliphatic carbocycles. The quantitative estimate of drug-likeness (QED) is 0.545. The number of benzene rings is 1. The molecule has 1 rings (SSSR count). The number of nitrogens with zero attached hydrogens (tertiary/aromatic N) is 1. The van der Waals surface area contributed by atoms with Gasteiger partial charge in [-0.25, -0.2) is 0 Å². The summed E-state index contributed by atoms with van der Waals surface area (Å²) in [6, 6.07) is 7.64. The second kappa shape index (κ2) is 4.13. The summed E-state index contributed by atoms with van der Waals surface area (Å²) < 4.78 is 1.04. The summed E-state index contributed by atoms with van der Waals surface area (Å²) >= 11 is 3.32. The van der Waals surface area contributed by atoms with Crippen molar-refractivity contribution >= 4 is 22.1 Å². The van der Waals surface area contributed by atoms with Crippen LogP contribution in [0.5, 0.6) is 0 Å². The molecule has 0 amide bonds. The van der Waals surface area contributed by atoms with Crippen molar-refractivity contribution < 1.29 is 4.84 Å². The van der Waals surface area contributed by atoms with Gasteiger partial charge in [0.05, 0.1) is 0 Å². The van der Waals surface area contributed by atoms with Gasteiger partial charge in [0.25, 0.3) is 0 Å². The Morgan fingerprint density at radius 1 is 1.36 bits per heavy atom. The average molecular weight is 213 g/mol. The van der Waals surface area contributed by atoms with Gasteiger partial charge in [-0.05, 0) is 12.1 Å². The molecule has 0 atom stereocenters. The molecule has 0 saturated heterocycles. The lowest BCUT2D eigenvalue weighted by Gasteiger charge is -1.90. The lowest BCUT2D eigenvalue weighted by atomic mass is 10.2. The Morgan fingerprint density at radius 2 is 2.00 bits per heavy atom. The highest BCUT2D eigenvalue weighted by Crippen LogP contribution is 2.08. The molecule has 57 valence electrons. The molecule has 0 spiro atoms. The average Bonchev–Trinajstić information content (AvgIpc) is 2.04. The normalized spacial score (nSPS) is 10.4. The third-order valence-corrected chi connectivity index (χ3v) is 1.64. The van der Waals surface area contributed by atoms with Crippen LogP contribution in [0.25, 0.3) is 0 Å². The first-order chi connectivity index (χ1) is 5.33. The SMILES string of the molecule is CON=[C]c1ccc(Br)cc1. The highest BCUT2D eigenvalue weighted by Gasteiger charge is 1.87. The Kier molecular flexibility index (Phi) is 3.11. The summed E-state index contributed by atoms with van der Waals surface area (Å²) in [6.45, 7) is 0. The molecule has 11 heavy (non-hydrogen) atoms. The van der Waals surface area contributed by atoms with Gasteiger partial charge in [-0.1, -0.05) is 33.2 Å². The van der Waals surface area contributed by atoms with E-state index in [-0.39, 0.29) is 0 Å². The Bertz CT molecular complexity index is 243. The Balaban J connectivity index is 2.73. The summed E-state index contributed by atoms with van der Waals surface area (Å²) in [5.41, 5.74) is 0.898. The zero-order valence-electron chi connectivity index (χ0n) is 6.04. The Morgan fingerprint density at radius 3 is 2.55 bits per heavy atom. The largest absolute Gasteiger partial charge is 0.399 e. The summed E-state index contributed by atoms with van der Waals surface area (Å²) in [6.07, 6.45) is 2.70. The molecule has 0 aliphatic heterocycles. The second-order valence-corrected chi connectivity index (χ2v) is 2.81. The van der Waals surface area contributed by atoms with Crippen molar-refractivity contribution in [3.8, 4) is 0 Å². The molecule has 2 nitrogen and oxygen atoms in total. The monoisotopic (exact) mass is 212 g/mol. The van der Waals surface area contributed by atoms with Crippen LogP contribution in [0.3, 0.4) is 0 Å². The van der Waals surface area contributed by atoms with E-state index in [4.69, 9.17) is 0 Å². The minimum Gasteiger partial charge on any atom is -0.399 e. The third kappa shape index (κ3) is 2.72. The minimum absolute atomic E-state index is 0.898. The molecule has 1 radical (unpaired) electrons. The van der Waals surface area contributed by atoms with Crippen molar-refractivity contribution in [1.29, 1.82) is 0 Å². The van der Waals surface area contributed by atoms with E-state index >= 15 is 0 Å². The maximum absolute atomic E-state index is 4.48. The van der Waals surface area contributed by atoms with E-state index in [1.807, 2.05) is 24.3 Å². The van der Waals surface area contributed by atoms with Crippen molar-refractivity contribution in [1.82, 2.24) is 0 Å². The predicted molar refractivity (Wildman–Crippen MR) is 47.7 cm³/mol. The Hall–Kier alpha value is -0.830. The molecule has 0 unspecified atom stereocenters. The van der Waals surface area contributed by atoms with Crippen LogP contribution in [-0.2, 0) is 4.84 Å². The van der Waals surface area contributed by atoms with Gasteiger partial charge in [-0.2, -0.15) is 0 Å². The van der Waals surface area contributed by atoms with E-state index in [9.17, 15) is 0 Å². The first kappa shape index (κ1) is 8.27. The summed E-state index contributed by atoms with van der Waals surface area (Å²) in [5, 5.41) is 3.51. The van der Waals surface area contributed by atoms with Crippen LogP contribution >= 0.6 is 15.9 Å². The van der Waals surface area contributed by atoms with Gasteiger partial charge in [0.2, 0.25) is 0 Å². The van der Waals surface area contributed by atoms with E-state index in [2.05, 4.69) is 32.1 Å². The minimum atomic E-state index is 0.898. The molecule has 0 aliphatic rings. The zero-order valence-corrected chi connectivity index (χ0v) is 7.63. The number of rotatable bonds is 2. The molecular formula is C8H7BrNO. The van der Waals surface area contributed by atoms with Crippen LogP contribution in [0.4, 0.5) is 0 Å². The van der Waals surface area contributed by atoms with E-state index in [1.54, 1.807) is 0 Å². The molecule has 0 aromatic heterocycles. The van der Waals surface area contributed by atoms with Crippen LogP contribution in [0.2, 0.25) is 0 Å². The van der Waals surface area contributed by atoms with Gasteiger partial charge in [0.15, 0.2) is 0 Å². The zero-order chi connectivity index (χ0) is 8.10. The van der Waals surface area contributed by atoms with E-state index in [0.29, 0.717) is 0 Å². The topological polar surface area (TPSA) is 21.6 Å². The van der Waals surface area contributed by atoms with Gasteiger partial charge in [0.1, 0.15) is 13.3 Å². The van der Waals surface area contributed by atoms with Crippen LogP contribution in [0, 0.1) is 0 Å².